The summed E-state index contributed by atoms with van der Waals surface area (Å²) in [5.41, 5.74) is 2.07. The van der Waals surface area contributed by atoms with Crippen molar-refractivity contribution in [1.29, 1.82) is 0 Å². The standard InChI is InChI=1S/C19H15BrFNO3S/c1-2-11-3-6-16-15(7-11)22(19(25)17(26-16)9-18(23)24)10-12-4-5-13(20)8-14(12)21/h3-9H,2,10H2,1H3,(H,23,24)/b17-9-. The smallest absolute Gasteiger partial charge is 0.329 e. The van der Waals surface area contributed by atoms with Crippen LogP contribution in [-0.4, -0.2) is 17.0 Å². The second kappa shape index (κ2) is 7.63. The molecule has 1 N–H and O–H groups in total. The fraction of sp³-hybridized carbons (Fsp3) is 0.158. The van der Waals surface area contributed by atoms with E-state index in [-0.39, 0.29) is 11.4 Å². The third-order valence-electron chi connectivity index (χ3n) is 4.00. The number of hydrogen-bond donors (Lipinski definition) is 1. The van der Waals surface area contributed by atoms with Crippen LogP contribution < -0.4 is 4.90 Å². The van der Waals surface area contributed by atoms with E-state index in [1.54, 1.807) is 12.1 Å². The third-order valence-corrected chi connectivity index (χ3v) is 5.57. The predicted molar refractivity (Wildman–Crippen MR) is 103 cm³/mol. The minimum absolute atomic E-state index is 0.0234. The van der Waals surface area contributed by atoms with Gasteiger partial charge in [0.25, 0.3) is 5.91 Å². The number of hydrogen-bond acceptors (Lipinski definition) is 3. The van der Waals surface area contributed by atoms with Gasteiger partial charge in [-0.25, -0.2) is 9.18 Å². The van der Waals surface area contributed by atoms with Crippen LogP contribution in [-0.2, 0) is 22.6 Å². The van der Waals surface area contributed by atoms with Gasteiger partial charge in [0, 0.05) is 21.0 Å². The Bertz CT molecular complexity index is 929. The number of amides is 1. The molecule has 1 aliphatic rings. The topological polar surface area (TPSA) is 57.6 Å². The number of halogens is 2. The van der Waals surface area contributed by atoms with Crippen LogP contribution >= 0.6 is 27.7 Å². The van der Waals surface area contributed by atoms with Gasteiger partial charge in [-0.2, -0.15) is 0 Å². The van der Waals surface area contributed by atoms with Crippen molar-refractivity contribution in [2.75, 3.05) is 4.90 Å². The van der Waals surface area contributed by atoms with Gasteiger partial charge in [-0.3, -0.25) is 4.79 Å². The largest absolute Gasteiger partial charge is 0.478 e. The number of benzene rings is 2. The molecule has 1 aliphatic heterocycles. The van der Waals surface area contributed by atoms with Crippen molar-refractivity contribution in [2.24, 2.45) is 0 Å². The van der Waals surface area contributed by atoms with Crippen molar-refractivity contribution < 1.29 is 19.1 Å². The van der Waals surface area contributed by atoms with Crippen molar-refractivity contribution in [3.8, 4) is 0 Å². The molecule has 2 aromatic carbocycles. The molecular weight excluding hydrogens is 421 g/mol. The normalized spacial score (nSPS) is 15.3. The monoisotopic (exact) mass is 435 g/mol. The van der Waals surface area contributed by atoms with Crippen LogP contribution in [0, 0.1) is 5.82 Å². The van der Waals surface area contributed by atoms with Gasteiger partial charge in [0.1, 0.15) is 5.82 Å². The molecule has 0 radical (unpaired) electrons. The number of carboxylic acid groups (broad SMARTS) is 1. The van der Waals surface area contributed by atoms with Crippen molar-refractivity contribution in [2.45, 2.75) is 24.8 Å². The molecule has 3 rings (SSSR count). The Kier molecular flexibility index (Phi) is 5.48. The molecule has 7 heteroatoms. The lowest BCUT2D eigenvalue weighted by Gasteiger charge is -2.31. The van der Waals surface area contributed by atoms with Crippen molar-refractivity contribution in [1.82, 2.24) is 0 Å². The number of carbonyl (C=O) groups excluding carboxylic acids is 1. The number of aryl methyl sites for hydroxylation is 1. The van der Waals surface area contributed by atoms with E-state index in [1.807, 2.05) is 25.1 Å². The second-order valence-electron chi connectivity index (χ2n) is 5.73. The molecule has 2 aromatic rings. The number of aliphatic carboxylic acids is 1. The summed E-state index contributed by atoms with van der Waals surface area (Å²) in [5.74, 6) is -2.06. The molecule has 1 heterocycles. The third kappa shape index (κ3) is 3.83. The van der Waals surface area contributed by atoms with Gasteiger partial charge in [-0.05, 0) is 36.2 Å². The molecule has 134 valence electrons. The summed E-state index contributed by atoms with van der Waals surface area (Å²) in [7, 11) is 0. The molecule has 26 heavy (non-hydrogen) atoms. The average molecular weight is 436 g/mol. The molecule has 0 atom stereocenters. The fourth-order valence-electron chi connectivity index (χ4n) is 2.67. The van der Waals surface area contributed by atoms with E-state index in [9.17, 15) is 14.0 Å². The van der Waals surface area contributed by atoms with Crippen LogP contribution in [0.25, 0.3) is 0 Å². The molecule has 0 saturated heterocycles. The summed E-state index contributed by atoms with van der Waals surface area (Å²) >= 11 is 4.34. The summed E-state index contributed by atoms with van der Waals surface area (Å²) in [6.07, 6.45) is 1.69. The zero-order valence-electron chi connectivity index (χ0n) is 13.8. The van der Waals surface area contributed by atoms with Crippen LogP contribution in [0.15, 0.2) is 56.7 Å². The highest BCUT2D eigenvalue weighted by atomic mass is 79.9. The number of fused-ring (bicyclic) bond motifs is 1. The lowest BCUT2D eigenvalue weighted by atomic mass is 10.1. The van der Waals surface area contributed by atoms with Crippen LogP contribution in [0.3, 0.4) is 0 Å². The number of anilines is 1. The molecule has 0 unspecified atom stereocenters. The molecule has 0 spiro atoms. The number of carboxylic acids is 1. The predicted octanol–water partition coefficient (Wildman–Crippen LogP) is 4.76. The highest BCUT2D eigenvalue weighted by Gasteiger charge is 2.30. The van der Waals surface area contributed by atoms with Gasteiger partial charge in [-0.1, -0.05) is 46.7 Å². The summed E-state index contributed by atoms with van der Waals surface area (Å²) in [5, 5.41) is 9.04. The molecule has 0 aromatic heterocycles. The summed E-state index contributed by atoms with van der Waals surface area (Å²) in [6.45, 7) is 2.03. The first-order chi connectivity index (χ1) is 12.4. The first-order valence-corrected chi connectivity index (χ1v) is 9.51. The van der Waals surface area contributed by atoms with Crippen molar-refractivity contribution in [3.63, 3.8) is 0 Å². The van der Waals surface area contributed by atoms with Crippen molar-refractivity contribution in [3.05, 3.63) is 68.8 Å². The van der Waals surface area contributed by atoms with E-state index in [1.165, 1.54) is 11.0 Å². The Morgan fingerprint density at radius 1 is 1.31 bits per heavy atom. The van der Waals surface area contributed by atoms with E-state index in [0.29, 0.717) is 15.7 Å². The Morgan fingerprint density at radius 2 is 2.08 bits per heavy atom. The number of carbonyl (C=O) groups is 2. The first kappa shape index (κ1) is 18.7. The molecule has 0 fully saturated rings. The summed E-state index contributed by atoms with van der Waals surface area (Å²) in [6, 6.07) is 10.4. The highest BCUT2D eigenvalue weighted by Crippen LogP contribution is 2.42. The average Bonchev–Trinajstić information content (AvgIpc) is 2.59. The second-order valence-corrected chi connectivity index (χ2v) is 7.73. The van der Waals surface area contributed by atoms with Crippen LogP contribution in [0.4, 0.5) is 10.1 Å². The molecule has 0 bridgehead atoms. The van der Waals surface area contributed by atoms with E-state index in [2.05, 4.69) is 15.9 Å². The van der Waals surface area contributed by atoms with Gasteiger partial charge in [-0.15, -0.1) is 0 Å². The Hall–Kier alpha value is -2.12. The SMILES string of the molecule is CCc1ccc2c(c1)N(Cc1ccc(Br)cc1F)C(=O)/C(=C/C(=O)O)S2. The summed E-state index contributed by atoms with van der Waals surface area (Å²) < 4.78 is 14.9. The van der Waals surface area contributed by atoms with Crippen LogP contribution in [0.1, 0.15) is 18.1 Å². The first-order valence-electron chi connectivity index (χ1n) is 7.90. The lowest BCUT2D eigenvalue weighted by Crippen LogP contribution is -2.34. The Morgan fingerprint density at radius 3 is 2.73 bits per heavy atom. The summed E-state index contributed by atoms with van der Waals surface area (Å²) in [4.78, 5) is 26.2. The van der Waals surface area contributed by atoms with Gasteiger partial charge in [0.05, 0.1) is 17.1 Å². The van der Waals surface area contributed by atoms with E-state index in [4.69, 9.17) is 5.11 Å². The fourth-order valence-corrected chi connectivity index (χ4v) is 4.00. The van der Waals surface area contributed by atoms with Gasteiger partial charge in [0.15, 0.2) is 0 Å². The van der Waals surface area contributed by atoms with Crippen LogP contribution in [0.5, 0.6) is 0 Å². The van der Waals surface area contributed by atoms with Gasteiger partial charge >= 0.3 is 5.97 Å². The zero-order valence-corrected chi connectivity index (χ0v) is 16.2. The van der Waals surface area contributed by atoms with Crippen LogP contribution in [0.2, 0.25) is 0 Å². The van der Waals surface area contributed by atoms with E-state index < -0.39 is 17.7 Å². The minimum Gasteiger partial charge on any atom is -0.478 e. The maximum atomic E-state index is 14.3. The van der Waals surface area contributed by atoms with Gasteiger partial charge < -0.3 is 10.0 Å². The quantitative estimate of drug-likeness (QED) is 0.703. The number of rotatable bonds is 4. The van der Waals surface area contributed by atoms with E-state index >= 15 is 0 Å². The molecular formula is C19H15BrFNO3S. The maximum Gasteiger partial charge on any atom is 0.329 e. The van der Waals surface area contributed by atoms with Crippen molar-refractivity contribution >= 4 is 45.3 Å². The van der Waals surface area contributed by atoms with Gasteiger partial charge in [0.2, 0.25) is 0 Å². The maximum absolute atomic E-state index is 14.3. The lowest BCUT2D eigenvalue weighted by molar-refractivity contribution is -0.131. The minimum atomic E-state index is -1.19. The number of nitrogens with zero attached hydrogens (tertiary/aromatic N) is 1. The molecule has 0 aliphatic carbocycles. The Balaban J connectivity index is 2.08. The molecule has 0 saturated carbocycles. The van der Waals surface area contributed by atoms with E-state index in [0.717, 1.165) is 34.7 Å². The highest BCUT2D eigenvalue weighted by molar-refractivity contribution is 9.10. The number of thioether (sulfide) groups is 1. The molecule has 1 amide bonds. The Labute approximate surface area is 162 Å². The zero-order chi connectivity index (χ0) is 18.8. The molecule has 4 nitrogen and oxygen atoms in total.